The zero-order valence-electron chi connectivity index (χ0n) is 7.35. The molecule has 0 saturated heterocycles. The number of alkyl halides is 2. The van der Waals surface area contributed by atoms with E-state index in [1.807, 2.05) is 12.1 Å². The Bertz CT molecular complexity index is 421. The van der Waals surface area contributed by atoms with Gasteiger partial charge < -0.3 is 0 Å². The van der Waals surface area contributed by atoms with Crippen molar-refractivity contribution in [2.45, 2.75) is 5.33 Å². The maximum absolute atomic E-state index is 8.73. The van der Waals surface area contributed by atoms with Gasteiger partial charge in [-0.05, 0) is 17.7 Å². The molecule has 0 spiro atoms. The second-order valence-electron chi connectivity index (χ2n) is 2.55. The molecule has 70 valence electrons. The van der Waals surface area contributed by atoms with Gasteiger partial charge in [-0.25, -0.2) is 0 Å². The quantitative estimate of drug-likeness (QED) is 0.577. The normalized spacial score (nSPS) is 8.64. The summed E-state index contributed by atoms with van der Waals surface area (Å²) in [6, 6.07) is 7.64. The van der Waals surface area contributed by atoms with Gasteiger partial charge in [0.2, 0.25) is 0 Å². The van der Waals surface area contributed by atoms with Crippen LogP contribution in [0.5, 0.6) is 0 Å². The van der Waals surface area contributed by atoms with Crippen molar-refractivity contribution in [3.05, 3.63) is 34.9 Å². The van der Waals surface area contributed by atoms with Gasteiger partial charge in [0.15, 0.2) is 0 Å². The minimum absolute atomic E-state index is 0.644. The summed E-state index contributed by atoms with van der Waals surface area (Å²) >= 11 is 6.62. The van der Waals surface area contributed by atoms with Gasteiger partial charge in [0, 0.05) is 10.9 Å². The first kappa shape index (κ1) is 11.3. The van der Waals surface area contributed by atoms with Crippen molar-refractivity contribution in [1.29, 1.82) is 5.26 Å². The Balaban J connectivity index is 3.16. The van der Waals surface area contributed by atoms with Crippen LogP contribution in [0.15, 0.2) is 18.2 Å². The van der Waals surface area contributed by atoms with Crippen molar-refractivity contribution in [2.75, 3.05) is 5.33 Å². The summed E-state index contributed by atoms with van der Waals surface area (Å²) in [6.45, 7) is 0. The molecule has 1 nitrogen and oxygen atoms in total. The summed E-state index contributed by atoms with van der Waals surface area (Å²) in [5.41, 5.74) is 2.67. The molecule has 0 radical (unpaired) electrons. The van der Waals surface area contributed by atoms with Gasteiger partial charge in [-0.1, -0.05) is 49.8 Å². The zero-order valence-corrected chi connectivity index (χ0v) is 10.5. The fourth-order valence-electron chi connectivity index (χ4n) is 1.01. The van der Waals surface area contributed by atoms with Gasteiger partial charge in [-0.3, -0.25) is 0 Å². The van der Waals surface area contributed by atoms with E-state index in [0.717, 1.165) is 16.5 Å². The number of hydrogen-bond donors (Lipinski definition) is 0. The molecular formula is C11H7Br2N. The predicted molar refractivity (Wildman–Crippen MR) is 64.5 cm³/mol. The van der Waals surface area contributed by atoms with Crippen molar-refractivity contribution in [3.63, 3.8) is 0 Å². The van der Waals surface area contributed by atoms with E-state index in [1.54, 1.807) is 6.07 Å². The molecule has 0 saturated carbocycles. The van der Waals surface area contributed by atoms with E-state index in [-0.39, 0.29) is 0 Å². The molecule has 0 aliphatic heterocycles. The molecule has 0 aromatic heterocycles. The third-order valence-corrected chi connectivity index (χ3v) is 2.56. The van der Waals surface area contributed by atoms with Crippen LogP contribution in [0.4, 0.5) is 0 Å². The topological polar surface area (TPSA) is 23.8 Å². The molecule has 0 aliphatic rings. The highest BCUT2D eigenvalue weighted by molar-refractivity contribution is 9.09. The van der Waals surface area contributed by atoms with Crippen LogP contribution in [-0.2, 0) is 5.33 Å². The maximum atomic E-state index is 8.73. The number of nitriles is 1. The molecule has 1 rings (SSSR count). The fourth-order valence-corrected chi connectivity index (χ4v) is 1.64. The highest BCUT2D eigenvalue weighted by Crippen LogP contribution is 2.13. The third-order valence-electron chi connectivity index (χ3n) is 1.67. The van der Waals surface area contributed by atoms with Crippen LogP contribution in [0.25, 0.3) is 0 Å². The van der Waals surface area contributed by atoms with E-state index in [1.165, 1.54) is 0 Å². The molecule has 14 heavy (non-hydrogen) atoms. The Morgan fingerprint density at radius 1 is 1.29 bits per heavy atom. The molecule has 0 unspecified atom stereocenters. The molecule has 0 amide bonds. The molecule has 1 aromatic rings. The van der Waals surface area contributed by atoms with Crippen molar-refractivity contribution < 1.29 is 0 Å². The molecule has 0 fully saturated rings. The summed E-state index contributed by atoms with van der Waals surface area (Å²) in [5.74, 6) is 5.94. The lowest BCUT2D eigenvalue weighted by Gasteiger charge is -1.99. The standard InChI is InChI=1S/C11H7Br2N/c12-5-1-2-10-6-9(8-14)3-4-11(10)7-13/h3-4,6H,5,7H2. The molecule has 3 heteroatoms. The van der Waals surface area contributed by atoms with Gasteiger partial charge in [0.05, 0.1) is 17.0 Å². The number of nitrogens with zero attached hydrogens (tertiary/aromatic N) is 1. The first-order valence-electron chi connectivity index (χ1n) is 3.95. The molecule has 0 heterocycles. The molecule has 0 aliphatic carbocycles. The van der Waals surface area contributed by atoms with E-state index < -0.39 is 0 Å². The Hall–Kier alpha value is -0.770. The Morgan fingerprint density at radius 3 is 2.64 bits per heavy atom. The van der Waals surface area contributed by atoms with Crippen LogP contribution in [0.3, 0.4) is 0 Å². The van der Waals surface area contributed by atoms with Crippen LogP contribution in [0.2, 0.25) is 0 Å². The monoisotopic (exact) mass is 311 g/mol. The number of benzene rings is 1. The SMILES string of the molecule is N#Cc1ccc(CBr)c(C#CCBr)c1. The van der Waals surface area contributed by atoms with Crippen LogP contribution < -0.4 is 0 Å². The second-order valence-corrected chi connectivity index (χ2v) is 3.67. The van der Waals surface area contributed by atoms with Crippen LogP contribution in [-0.4, -0.2) is 5.33 Å². The van der Waals surface area contributed by atoms with Gasteiger partial charge in [0.25, 0.3) is 0 Å². The highest BCUT2D eigenvalue weighted by atomic mass is 79.9. The first-order chi connectivity index (χ1) is 6.81. The smallest absolute Gasteiger partial charge is 0.0992 e. The Kier molecular flexibility index (Phi) is 4.73. The van der Waals surface area contributed by atoms with Crippen molar-refractivity contribution in [1.82, 2.24) is 0 Å². The molecule has 1 aromatic carbocycles. The third kappa shape index (κ3) is 2.87. The maximum Gasteiger partial charge on any atom is 0.0992 e. The van der Waals surface area contributed by atoms with Crippen LogP contribution >= 0.6 is 31.9 Å². The van der Waals surface area contributed by atoms with Crippen LogP contribution in [0.1, 0.15) is 16.7 Å². The minimum Gasteiger partial charge on any atom is -0.192 e. The number of halogens is 2. The van der Waals surface area contributed by atoms with Crippen molar-refractivity contribution in [3.8, 4) is 17.9 Å². The van der Waals surface area contributed by atoms with E-state index in [2.05, 4.69) is 49.8 Å². The summed E-state index contributed by atoms with van der Waals surface area (Å²) in [6.07, 6.45) is 0. The van der Waals surface area contributed by atoms with Crippen molar-refractivity contribution >= 4 is 31.9 Å². The van der Waals surface area contributed by atoms with E-state index in [9.17, 15) is 0 Å². The summed E-state index contributed by atoms with van der Waals surface area (Å²) < 4.78 is 0. The van der Waals surface area contributed by atoms with E-state index >= 15 is 0 Å². The summed E-state index contributed by atoms with van der Waals surface area (Å²) in [7, 11) is 0. The Labute approximate surface area is 100 Å². The lowest BCUT2D eigenvalue weighted by atomic mass is 10.1. The van der Waals surface area contributed by atoms with E-state index in [4.69, 9.17) is 5.26 Å². The lowest BCUT2D eigenvalue weighted by molar-refractivity contribution is 1.38. The molecule has 0 atom stereocenters. The van der Waals surface area contributed by atoms with Gasteiger partial charge >= 0.3 is 0 Å². The molecule has 0 N–H and O–H groups in total. The largest absolute Gasteiger partial charge is 0.192 e. The fraction of sp³-hybridized carbons (Fsp3) is 0.182. The zero-order chi connectivity index (χ0) is 10.4. The van der Waals surface area contributed by atoms with E-state index in [0.29, 0.717) is 10.9 Å². The molecular weight excluding hydrogens is 306 g/mol. The summed E-state index contributed by atoms with van der Waals surface area (Å²) in [5, 5.41) is 10.1. The van der Waals surface area contributed by atoms with Gasteiger partial charge in [0.1, 0.15) is 0 Å². The average Bonchev–Trinajstić information content (AvgIpc) is 2.25. The number of hydrogen-bond acceptors (Lipinski definition) is 1. The minimum atomic E-state index is 0.644. The molecule has 0 bridgehead atoms. The summed E-state index contributed by atoms with van der Waals surface area (Å²) in [4.78, 5) is 0. The van der Waals surface area contributed by atoms with Crippen LogP contribution in [0, 0.1) is 23.2 Å². The first-order valence-corrected chi connectivity index (χ1v) is 6.20. The average molecular weight is 313 g/mol. The predicted octanol–water partition coefficient (Wildman–Crippen LogP) is 3.20. The van der Waals surface area contributed by atoms with Gasteiger partial charge in [-0.15, -0.1) is 0 Å². The van der Waals surface area contributed by atoms with Crippen molar-refractivity contribution in [2.24, 2.45) is 0 Å². The Morgan fingerprint density at radius 2 is 2.07 bits per heavy atom. The lowest BCUT2D eigenvalue weighted by Crippen LogP contribution is -1.87. The second kappa shape index (κ2) is 5.86. The number of rotatable bonds is 1. The highest BCUT2D eigenvalue weighted by Gasteiger charge is 1.99. The van der Waals surface area contributed by atoms with Gasteiger partial charge in [-0.2, -0.15) is 5.26 Å².